The number of amides is 2. The quantitative estimate of drug-likeness (QED) is 0.862. The van der Waals surface area contributed by atoms with Crippen LogP contribution in [-0.4, -0.2) is 36.9 Å². The van der Waals surface area contributed by atoms with Crippen molar-refractivity contribution in [2.75, 3.05) is 25.5 Å². The fraction of sp³-hybridized carbons (Fsp3) is 0.385. The zero-order chi connectivity index (χ0) is 13.1. The van der Waals surface area contributed by atoms with Crippen LogP contribution in [0.1, 0.15) is 23.7 Å². The molecule has 1 aliphatic rings. The summed E-state index contributed by atoms with van der Waals surface area (Å²) in [5.74, 6) is 0.402. The lowest BCUT2D eigenvalue weighted by Crippen LogP contribution is -2.27. The predicted octanol–water partition coefficient (Wildman–Crippen LogP) is 1.50. The number of carbonyl (C=O) groups is 2. The Morgan fingerprint density at radius 2 is 2.28 bits per heavy atom. The lowest BCUT2D eigenvalue weighted by Gasteiger charge is -2.13. The van der Waals surface area contributed by atoms with Crippen LogP contribution in [0.5, 0.6) is 5.75 Å². The molecule has 5 heteroatoms. The minimum Gasteiger partial charge on any atom is -0.491 e. The summed E-state index contributed by atoms with van der Waals surface area (Å²) < 4.78 is 5.50. The van der Waals surface area contributed by atoms with Crippen LogP contribution < -0.4 is 10.1 Å². The summed E-state index contributed by atoms with van der Waals surface area (Å²) in [6.07, 6.45) is 0.404. The summed E-state index contributed by atoms with van der Waals surface area (Å²) in [7, 11) is 1.73. The highest BCUT2D eigenvalue weighted by molar-refractivity contribution is 5.99. The maximum absolute atomic E-state index is 12.1. The van der Waals surface area contributed by atoms with Crippen LogP contribution in [0.4, 0.5) is 5.69 Å². The molecule has 0 radical (unpaired) electrons. The molecular formula is C13H16N2O3. The first-order valence-corrected chi connectivity index (χ1v) is 5.94. The van der Waals surface area contributed by atoms with Gasteiger partial charge in [0.15, 0.2) is 0 Å². The van der Waals surface area contributed by atoms with Crippen molar-refractivity contribution >= 4 is 17.5 Å². The molecule has 2 amide bonds. The molecule has 0 aliphatic carbocycles. The van der Waals surface area contributed by atoms with Crippen LogP contribution >= 0.6 is 0 Å². The third-order valence-electron chi connectivity index (χ3n) is 2.85. The molecule has 0 saturated heterocycles. The van der Waals surface area contributed by atoms with Crippen LogP contribution in [0, 0.1) is 0 Å². The average molecular weight is 248 g/mol. The molecule has 1 N–H and O–H groups in total. The van der Waals surface area contributed by atoms with Gasteiger partial charge >= 0.3 is 0 Å². The Kier molecular flexibility index (Phi) is 3.50. The number of rotatable bonds is 2. The van der Waals surface area contributed by atoms with Gasteiger partial charge in [-0.15, -0.1) is 0 Å². The molecule has 0 bridgehead atoms. The third-order valence-corrected chi connectivity index (χ3v) is 2.85. The van der Waals surface area contributed by atoms with Crippen LogP contribution in [0.25, 0.3) is 0 Å². The largest absolute Gasteiger partial charge is 0.491 e. The Bertz CT molecular complexity index is 485. The number of hydrogen-bond acceptors (Lipinski definition) is 3. The third kappa shape index (κ3) is 2.45. The van der Waals surface area contributed by atoms with Crippen LogP contribution in [0.15, 0.2) is 18.2 Å². The fourth-order valence-electron chi connectivity index (χ4n) is 1.75. The van der Waals surface area contributed by atoms with E-state index in [9.17, 15) is 9.59 Å². The highest BCUT2D eigenvalue weighted by Crippen LogP contribution is 2.26. The van der Waals surface area contributed by atoms with Crippen molar-refractivity contribution < 1.29 is 14.3 Å². The molecule has 1 heterocycles. The van der Waals surface area contributed by atoms with E-state index in [0.717, 1.165) is 0 Å². The minimum atomic E-state index is -0.0879. The Morgan fingerprint density at radius 1 is 1.50 bits per heavy atom. The van der Waals surface area contributed by atoms with Crippen molar-refractivity contribution in [2.24, 2.45) is 0 Å². The number of nitrogens with one attached hydrogen (secondary N) is 1. The van der Waals surface area contributed by atoms with Gasteiger partial charge in [-0.1, -0.05) is 6.92 Å². The first-order valence-electron chi connectivity index (χ1n) is 5.94. The molecule has 18 heavy (non-hydrogen) atoms. The number of benzene rings is 1. The summed E-state index contributed by atoms with van der Waals surface area (Å²) >= 11 is 0. The van der Waals surface area contributed by atoms with E-state index in [1.165, 1.54) is 0 Å². The molecule has 0 unspecified atom stereocenters. The number of hydrogen-bond donors (Lipinski definition) is 1. The summed E-state index contributed by atoms with van der Waals surface area (Å²) in [6, 6.07) is 5.12. The van der Waals surface area contributed by atoms with Crippen molar-refractivity contribution in [3.63, 3.8) is 0 Å². The van der Waals surface area contributed by atoms with Gasteiger partial charge in [0.2, 0.25) is 5.91 Å². The van der Waals surface area contributed by atoms with E-state index in [1.54, 1.807) is 37.1 Å². The van der Waals surface area contributed by atoms with Crippen LogP contribution in [0.2, 0.25) is 0 Å². The van der Waals surface area contributed by atoms with E-state index < -0.39 is 0 Å². The van der Waals surface area contributed by atoms with Gasteiger partial charge in [0.25, 0.3) is 5.91 Å². The second kappa shape index (κ2) is 5.08. The first kappa shape index (κ1) is 12.4. The standard InChI is InChI=1S/C13H16N2O3/c1-3-12(16)14-9-4-5-11-10(8-9)13(17)15(2)6-7-18-11/h4-5,8H,3,6-7H2,1-2H3,(H,14,16). The molecule has 0 atom stereocenters. The molecule has 0 aromatic heterocycles. The zero-order valence-electron chi connectivity index (χ0n) is 10.5. The van der Waals surface area contributed by atoms with Gasteiger partial charge in [-0.05, 0) is 18.2 Å². The number of carbonyl (C=O) groups excluding carboxylic acids is 2. The smallest absolute Gasteiger partial charge is 0.257 e. The molecule has 0 spiro atoms. The molecule has 1 aromatic carbocycles. The number of fused-ring (bicyclic) bond motifs is 1. The molecule has 5 nitrogen and oxygen atoms in total. The van der Waals surface area contributed by atoms with Gasteiger partial charge in [-0.2, -0.15) is 0 Å². The van der Waals surface area contributed by atoms with Gasteiger partial charge in [0.1, 0.15) is 12.4 Å². The van der Waals surface area contributed by atoms with E-state index in [2.05, 4.69) is 5.32 Å². The van der Waals surface area contributed by atoms with Gasteiger partial charge in [-0.25, -0.2) is 0 Å². The Morgan fingerprint density at radius 3 is 3.00 bits per heavy atom. The van der Waals surface area contributed by atoms with E-state index in [4.69, 9.17) is 4.74 Å². The minimum absolute atomic E-state index is 0.0784. The molecular weight excluding hydrogens is 232 g/mol. The SMILES string of the molecule is CCC(=O)Nc1ccc2c(c1)C(=O)N(C)CCO2. The Hall–Kier alpha value is -2.04. The van der Waals surface area contributed by atoms with E-state index >= 15 is 0 Å². The fourth-order valence-corrected chi connectivity index (χ4v) is 1.75. The lowest BCUT2D eigenvalue weighted by molar-refractivity contribution is -0.115. The molecule has 1 aliphatic heterocycles. The number of anilines is 1. The number of ether oxygens (including phenoxy) is 1. The monoisotopic (exact) mass is 248 g/mol. The highest BCUT2D eigenvalue weighted by Gasteiger charge is 2.21. The molecule has 0 fully saturated rings. The highest BCUT2D eigenvalue weighted by atomic mass is 16.5. The van der Waals surface area contributed by atoms with Crippen molar-refractivity contribution in [3.05, 3.63) is 23.8 Å². The van der Waals surface area contributed by atoms with Crippen molar-refractivity contribution in [1.82, 2.24) is 4.90 Å². The first-order chi connectivity index (χ1) is 8.61. The van der Waals surface area contributed by atoms with Crippen molar-refractivity contribution in [2.45, 2.75) is 13.3 Å². The van der Waals surface area contributed by atoms with Gasteiger partial charge in [0.05, 0.1) is 12.1 Å². The molecule has 1 aromatic rings. The van der Waals surface area contributed by atoms with E-state index in [-0.39, 0.29) is 11.8 Å². The molecule has 2 rings (SSSR count). The van der Waals surface area contributed by atoms with Gasteiger partial charge in [-0.3, -0.25) is 9.59 Å². The predicted molar refractivity (Wildman–Crippen MR) is 67.8 cm³/mol. The summed E-state index contributed by atoms with van der Waals surface area (Å²) in [4.78, 5) is 25.0. The van der Waals surface area contributed by atoms with Crippen LogP contribution in [-0.2, 0) is 4.79 Å². The molecule has 96 valence electrons. The van der Waals surface area contributed by atoms with Crippen LogP contribution in [0.3, 0.4) is 0 Å². The van der Waals surface area contributed by atoms with Gasteiger partial charge < -0.3 is 15.0 Å². The Balaban J connectivity index is 2.32. The second-order valence-corrected chi connectivity index (χ2v) is 4.19. The number of likely N-dealkylation sites (N-methyl/N-ethyl adjacent to an activating group) is 1. The van der Waals surface area contributed by atoms with E-state index in [1.807, 2.05) is 0 Å². The average Bonchev–Trinajstić information content (AvgIpc) is 2.51. The second-order valence-electron chi connectivity index (χ2n) is 4.19. The van der Waals surface area contributed by atoms with E-state index in [0.29, 0.717) is 36.6 Å². The van der Waals surface area contributed by atoms with Crippen molar-refractivity contribution in [1.29, 1.82) is 0 Å². The lowest BCUT2D eigenvalue weighted by atomic mass is 10.1. The van der Waals surface area contributed by atoms with Gasteiger partial charge in [0, 0.05) is 19.2 Å². The summed E-state index contributed by atoms with van der Waals surface area (Å²) in [6.45, 7) is 2.82. The normalized spacial score (nSPS) is 14.6. The maximum Gasteiger partial charge on any atom is 0.257 e. The number of nitrogens with zero attached hydrogens (tertiary/aromatic N) is 1. The summed E-state index contributed by atoms with van der Waals surface area (Å²) in [5.41, 5.74) is 1.11. The Labute approximate surface area is 106 Å². The zero-order valence-corrected chi connectivity index (χ0v) is 10.5. The molecule has 0 saturated carbocycles. The summed E-state index contributed by atoms with van der Waals surface area (Å²) in [5, 5.41) is 2.73. The maximum atomic E-state index is 12.1. The van der Waals surface area contributed by atoms with Crippen molar-refractivity contribution in [3.8, 4) is 5.75 Å². The topological polar surface area (TPSA) is 58.6 Å².